The van der Waals surface area contributed by atoms with E-state index in [0.29, 0.717) is 41.6 Å². The fraction of sp³-hybridized carbons (Fsp3) is 0.273. The summed E-state index contributed by atoms with van der Waals surface area (Å²) >= 11 is 0. The lowest BCUT2D eigenvalue weighted by molar-refractivity contribution is -0.140. The maximum absolute atomic E-state index is 12.7. The second kappa shape index (κ2) is 7.98. The smallest absolute Gasteiger partial charge is 0.306 e. The molecular formula is C22H20O8. The number of aromatic hydroxyl groups is 1. The molecule has 0 saturated heterocycles. The molecule has 2 aromatic carbocycles. The Bertz CT molecular complexity index is 1150. The molecular weight excluding hydrogens is 392 g/mol. The highest BCUT2D eigenvalue weighted by Gasteiger charge is 2.30. The fourth-order valence-electron chi connectivity index (χ4n) is 3.49. The summed E-state index contributed by atoms with van der Waals surface area (Å²) in [5.74, 6) is -0.663. The number of esters is 1. The number of methoxy groups -OCH3 is 2. The first-order valence-corrected chi connectivity index (χ1v) is 9.32. The Morgan fingerprint density at radius 3 is 2.70 bits per heavy atom. The predicted octanol–water partition coefficient (Wildman–Crippen LogP) is 2.97. The van der Waals surface area contributed by atoms with Crippen molar-refractivity contribution >= 4 is 16.9 Å². The number of fused-ring (bicyclic) bond motifs is 2. The van der Waals surface area contributed by atoms with Crippen molar-refractivity contribution in [3.8, 4) is 23.0 Å². The second-order valence-corrected chi connectivity index (χ2v) is 6.72. The van der Waals surface area contributed by atoms with E-state index in [1.807, 2.05) is 0 Å². The van der Waals surface area contributed by atoms with E-state index in [-0.39, 0.29) is 17.6 Å². The second-order valence-electron chi connectivity index (χ2n) is 6.72. The summed E-state index contributed by atoms with van der Waals surface area (Å²) in [5.41, 5.74) is 0.260. The lowest BCUT2D eigenvalue weighted by Gasteiger charge is -2.24. The van der Waals surface area contributed by atoms with Crippen LogP contribution in [-0.2, 0) is 9.53 Å². The molecule has 2 heterocycles. The molecule has 0 aliphatic carbocycles. The van der Waals surface area contributed by atoms with Gasteiger partial charge in [0.15, 0.2) is 17.3 Å². The zero-order valence-electron chi connectivity index (χ0n) is 16.5. The van der Waals surface area contributed by atoms with Gasteiger partial charge in [0.2, 0.25) is 16.9 Å². The molecule has 0 unspecified atom stereocenters. The summed E-state index contributed by atoms with van der Waals surface area (Å²) in [7, 11) is 2.75. The third kappa shape index (κ3) is 3.41. The van der Waals surface area contributed by atoms with Gasteiger partial charge in [-0.2, -0.15) is 0 Å². The predicted molar refractivity (Wildman–Crippen MR) is 107 cm³/mol. The minimum Gasteiger partial charge on any atom is -0.502 e. The Morgan fingerprint density at radius 2 is 1.93 bits per heavy atom. The lowest BCUT2D eigenvalue weighted by atomic mass is 9.91. The number of carbonyl (C=O) groups excluding carboxylic acids is 1. The average Bonchev–Trinajstić information content (AvgIpc) is 2.79. The van der Waals surface area contributed by atoms with Crippen molar-refractivity contribution in [2.45, 2.75) is 12.3 Å². The number of rotatable bonds is 5. The van der Waals surface area contributed by atoms with E-state index in [1.165, 1.54) is 14.2 Å². The number of ether oxygens (including phenoxy) is 4. The van der Waals surface area contributed by atoms with E-state index >= 15 is 0 Å². The van der Waals surface area contributed by atoms with Gasteiger partial charge in [-0.15, -0.1) is 0 Å². The van der Waals surface area contributed by atoms with Gasteiger partial charge in [0.1, 0.15) is 18.8 Å². The van der Waals surface area contributed by atoms with Crippen molar-refractivity contribution in [2.75, 3.05) is 27.4 Å². The van der Waals surface area contributed by atoms with Gasteiger partial charge >= 0.3 is 5.97 Å². The minimum atomic E-state index is -0.820. The van der Waals surface area contributed by atoms with Crippen molar-refractivity contribution in [3.63, 3.8) is 0 Å². The third-order valence-corrected chi connectivity index (χ3v) is 4.97. The van der Waals surface area contributed by atoms with Crippen LogP contribution in [0.5, 0.6) is 23.0 Å². The Hall–Kier alpha value is -3.68. The van der Waals surface area contributed by atoms with Gasteiger partial charge < -0.3 is 28.5 Å². The Kier molecular flexibility index (Phi) is 5.22. The lowest BCUT2D eigenvalue weighted by Crippen LogP contribution is -2.18. The summed E-state index contributed by atoms with van der Waals surface area (Å²) in [4.78, 5) is 24.9. The van der Waals surface area contributed by atoms with Gasteiger partial charge in [0.05, 0.1) is 31.9 Å². The maximum atomic E-state index is 12.7. The molecule has 8 heteroatoms. The SMILES string of the molecule is COC(=O)C[C@@H](c1cc(OC)c2c(c1)OCCO2)c1oc2ccccc2c(=O)c1O. The number of carbonyl (C=O) groups is 1. The van der Waals surface area contributed by atoms with Crippen LogP contribution in [0.3, 0.4) is 0 Å². The van der Waals surface area contributed by atoms with Crippen molar-refractivity contribution < 1.29 is 33.3 Å². The Balaban J connectivity index is 1.92. The van der Waals surface area contributed by atoms with Crippen LogP contribution in [-0.4, -0.2) is 38.5 Å². The quantitative estimate of drug-likeness (QED) is 0.638. The summed E-state index contributed by atoms with van der Waals surface area (Å²) in [6, 6.07) is 9.92. The van der Waals surface area contributed by atoms with Gasteiger partial charge in [-0.05, 0) is 29.8 Å². The molecule has 1 aliphatic heterocycles. The molecule has 0 radical (unpaired) electrons. The molecule has 1 aliphatic rings. The van der Waals surface area contributed by atoms with Gasteiger partial charge in [0.25, 0.3) is 0 Å². The zero-order valence-corrected chi connectivity index (χ0v) is 16.5. The van der Waals surface area contributed by atoms with Gasteiger partial charge in [-0.3, -0.25) is 9.59 Å². The average molecular weight is 412 g/mol. The summed E-state index contributed by atoms with van der Waals surface area (Å²) < 4.78 is 27.4. The maximum Gasteiger partial charge on any atom is 0.306 e. The zero-order chi connectivity index (χ0) is 21.3. The van der Waals surface area contributed by atoms with Crippen LogP contribution in [0.2, 0.25) is 0 Å². The van der Waals surface area contributed by atoms with Crippen molar-refractivity contribution in [1.82, 2.24) is 0 Å². The summed E-state index contributed by atoms with van der Waals surface area (Å²) in [6.45, 7) is 0.742. The Labute approximate surface area is 171 Å². The van der Waals surface area contributed by atoms with Crippen molar-refractivity contribution in [2.24, 2.45) is 0 Å². The highest BCUT2D eigenvalue weighted by molar-refractivity contribution is 5.78. The molecule has 30 heavy (non-hydrogen) atoms. The summed E-state index contributed by atoms with van der Waals surface area (Å²) in [6.07, 6.45) is -0.172. The van der Waals surface area contributed by atoms with Crippen LogP contribution >= 0.6 is 0 Å². The van der Waals surface area contributed by atoms with Gasteiger partial charge in [-0.25, -0.2) is 0 Å². The fourth-order valence-corrected chi connectivity index (χ4v) is 3.49. The largest absolute Gasteiger partial charge is 0.502 e. The number of hydrogen-bond acceptors (Lipinski definition) is 8. The molecule has 4 rings (SSSR count). The molecule has 1 atom stereocenters. The number of para-hydroxylation sites is 1. The molecule has 1 aromatic heterocycles. The van der Waals surface area contributed by atoms with Gasteiger partial charge in [-0.1, -0.05) is 12.1 Å². The van der Waals surface area contributed by atoms with E-state index in [2.05, 4.69) is 0 Å². The molecule has 0 fully saturated rings. The molecule has 0 amide bonds. The van der Waals surface area contributed by atoms with E-state index in [1.54, 1.807) is 36.4 Å². The molecule has 1 N–H and O–H groups in total. The van der Waals surface area contributed by atoms with E-state index in [9.17, 15) is 14.7 Å². The van der Waals surface area contributed by atoms with Crippen LogP contribution in [0.15, 0.2) is 45.6 Å². The third-order valence-electron chi connectivity index (χ3n) is 4.97. The standard InChI is InChI=1S/C22H20O8/c1-26-16-9-12(10-17-22(16)29-8-7-28-17)14(11-18(23)27-2)21-20(25)19(24)13-5-3-4-6-15(13)30-21/h3-6,9-10,14,25H,7-8,11H2,1-2H3/t14-/m0/s1. The first-order chi connectivity index (χ1) is 14.5. The summed E-state index contributed by atoms with van der Waals surface area (Å²) in [5, 5.41) is 10.9. The van der Waals surface area contributed by atoms with E-state index < -0.39 is 23.1 Å². The molecule has 0 spiro atoms. The first kappa shape index (κ1) is 19.6. The Morgan fingerprint density at radius 1 is 1.17 bits per heavy atom. The van der Waals surface area contributed by atoms with Crippen LogP contribution in [0, 0.1) is 0 Å². The van der Waals surface area contributed by atoms with Crippen molar-refractivity contribution in [1.29, 1.82) is 0 Å². The first-order valence-electron chi connectivity index (χ1n) is 9.32. The van der Waals surface area contributed by atoms with Crippen LogP contribution < -0.4 is 19.6 Å². The molecule has 3 aromatic rings. The molecule has 8 nitrogen and oxygen atoms in total. The highest BCUT2D eigenvalue weighted by Crippen LogP contribution is 2.44. The normalized spacial score (nSPS) is 13.7. The monoisotopic (exact) mass is 412 g/mol. The minimum absolute atomic E-state index is 0.0390. The van der Waals surface area contributed by atoms with E-state index in [0.717, 1.165) is 0 Å². The highest BCUT2D eigenvalue weighted by atomic mass is 16.6. The number of benzene rings is 2. The van der Waals surface area contributed by atoms with Gasteiger partial charge in [0, 0.05) is 0 Å². The topological polar surface area (TPSA) is 104 Å². The van der Waals surface area contributed by atoms with Crippen LogP contribution in [0.1, 0.15) is 23.7 Å². The molecule has 156 valence electrons. The van der Waals surface area contributed by atoms with Crippen molar-refractivity contribution in [3.05, 3.63) is 57.9 Å². The van der Waals surface area contributed by atoms with Crippen LogP contribution in [0.25, 0.3) is 11.0 Å². The van der Waals surface area contributed by atoms with Crippen LogP contribution in [0.4, 0.5) is 0 Å². The molecule has 0 saturated carbocycles. The molecule has 0 bridgehead atoms. The van der Waals surface area contributed by atoms with E-state index in [4.69, 9.17) is 23.4 Å². The number of hydrogen-bond donors (Lipinski definition) is 1.